The van der Waals surface area contributed by atoms with Crippen LogP contribution in [0.4, 0.5) is 0 Å². The summed E-state index contributed by atoms with van der Waals surface area (Å²) in [5.74, 6) is 0.720. The predicted molar refractivity (Wildman–Crippen MR) is 64.9 cm³/mol. The van der Waals surface area contributed by atoms with Gasteiger partial charge in [-0.15, -0.1) is 0 Å². The quantitative estimate of drug-likeness (QED) is 0.382. The molecule has 4 heteroatoms. The fourth-order valence-electron chi connectivity index (χ4n) is 1.98. The van der Waals surface area contributed by atoms with E-state index in [2.05, 4.69) is 5.16 Å². The molecule has 1 N–H and O–H groups in total. The van der Waals surface area contributed by atoms with Gasteiger partial charge in [-0.05, 0) is 44.9 Å². The van der Waals surface area contributed by atoms with Gasteiger partial charge in [0.1, 0.15) is 6.61 Å². The number of rotatable bonds is 9. The average molecular weight is 239 g/mol. The van der Waals surface area contributed by atoms with E-state index in [1.54, 1.807) is 0 Å². The number of carbonyl (C=O) groups is 1. The van der Waals surface area contributed by atoms with Crippen molar-refractivity contribution in [2.24, 2.45) is 17.0 Å². The van der Waals surface area contributed by atoms with Gasteiger partial charge in [-0.3, -0.25) is 4.79 Å². The zero-order chi connectivity index (χ0) is 12.1. The summed E-state index contributed by atoms with van der Waals surface area (Å²) in [7, 11) is 0. The Bertz CT molecular complexity index is 279. The summed E-state index contributed by atoms with van der Waals surface area (Å²) >= 11 is 0. The highest BCUT2D eigenvalue weighted by molar-refractivity contribution is 5.92. The maximum absolute atomic E-state index is 10.3. The van der Waals surface area contributed by atoms with Crippen molar-refractivity contribution in [3.05, 3.63) is 0 Å². The Kier molecular flexibility index (Phi) is 4.40. The van der Waals surface area contributed by atoms with Crippen LogP contribution in [0.25, 0.3) is 0 Å². The molecule has 0 radical (unpaired) electrons. The molecule has 2 aliphatic carbocycles. The van der Waals surface area contributed by atoms with Gasteiger partial charge < -0.3 is 9.94 Å². The van der Waals surface area contributed by atoms with Crippen molar-refractivity contribution in [1.29, 1.82) is 0 Å². The van der Waals surface area contributed by atoms with Gasteiger partial charge in [0.05, 0.1) is 5.71 Å². The zero-order valence-corrected chi connectivity index (χ0v) is 10.2. The second-order valence-corrected chi connectivity index (χ2v) is 5.10. The molecule has 2 rings (SSSR count). The van der Waals surface area contributed by atoms with Crippen LogP contribution in [0.3, 0.4) is 0 Å². The Balaban J connectivity index is 1.52. The lowest BCUT2D eigenvalue weighted by Gasteiger charge is -2.03. The molecule has 0 amide bonds. The van der Waals surface area contributed by atoms with Crippen LogP contribution in [0.1, 0.15) is 51.4 Å². The van der Waals surface area contributed by atoms with E-state index in [0.717, 1.165) is 31.1 Å². The summed E-state index contributed by atoms with van der Waals surface area (Å²) < 4.78 is 0. The van der Waals surface area contributed by atoms with Gasteiger partial charge in [0, 0.05) is 18.3 Å². The molecule has 0 saturated heterocycles. The molecule has 0 atom stereocenters. The fraction of sp³-hybridized carbons (Fsp3) is 0.846. The Morgan fingerprint density at radius 1 is 1.12 bits per heavy atom. The highest BCUT2D eigenvalue weighted by atomic mass is 16.6. The fourth-order valence-corrected chi connectivity index (χ4v) is 1.98. The first-order valence-electron chi connectivity index (χ1n) is 6.69. The Labute approximate surface area is 102 Å². The monoisotopic (exact) mass is 239 g/mol. The van der Waals surface area contributed by atoms with Crippen molar-refractivity contribution in [2.75, 3.05) is 6.61 Å². The number of carboxylic acids is 1. The van der Waals surface area contributed by atoms with Crippen molar-refractivity contribution in [3.8, 4) is 0 Å². The first-order chi connectivity index (χ1) is 8.27. The Morgan fingerprint density at radius 3 is 2.29 bits per heavy atom. The molecule has 17 heavy (non-hydrogen) atoms. The second kappa shape index (κ2) is 6.03. The molecule has 0 heterocycles. The third kappa shape index (κ3) is 4.75. The van der Waals surface area contributed by atoms with Gasteiger partial charge in [0.2, 0.25) is 0 Å². The van der Waals surface area contributed by atoms with E-state index in [4.69, 9.17) is 9.94 Å². The van der Waals surface area contributed by atoms with Crippen LogP contribution in [-0.4, -0.2) is 23.4 Å². The van der Waals surface area contributed by atoms with Crippen LogP contribution in [-0.2, 0) is 9.63 Å². The number of hydrogen-bond donors (Lipinski definition) is 1. The maximum Gasteiger partial charge on any atom is 0.303 e. The van der Waals surface area contributed by atoms with Crippen molar-refractivity contribution >= 4 is 11.7 Å². The average Bonchev–Trinajstić information content (AvgIpc) is 3.15. The van der Waals surface area contributed by atoms with Crippen LogP contribution in [0.5, 0.6) is 0 Å². The molecule has 0 unspecified atom stereocenters. The van der Waals surface area contributed by atoms with Crippen LogP contribution >= 0.6 is 0 Å². The van der Waals surface area contributed by atoms with E-state index in [0.29, 0.717) is 6.61 Å². The number of oxime groups is 1. The molecule has 0 aliphatic heterocycles. The smallest absolute Gasteiger partial charge is 0.303 e. The molecule has 96 valence electrons. The molecule has 0 spiro atoms. The van der Waals surface area contributed by atoms with Crippen molar-refractivity contribution in [2.45, 2.75) is 51.4 Å². The summed E-state index contributed by atoms with van der Waals surface area (Å²) in [5.41, 5.74) is 1.30. The molecular formula is C13H21NO3. The molecule has 2 fully saturated rings. The van der Waals surface area contributed by atoms with Crippen molar-refractivity contribution in [1.82, 2.24) is 0 Å². The van der Waals surface area contributed by atoms with Crippen LogP contribution < -0.4 is 0 Å². The van der Waals surface area contributed by atoms with Crippen LogP contribution in [0, 0.1) is 11.8 Å². The molecule has 0 bridgehead atoms. The normalized spacial score (nSPS) is 18.8. The topological polar surface area (TPSA) is 58.9 Å². The summed E-state index contributed by atoms with van der Waals surface area (Å²) in [4.78, 5) is 15.6. The van der Waals surface area contributed by atoms with Gasteiger partial charge in [-0.2, -0.15) is 0 Å². The molecule has 0 aromatic heterocycles. The number of hydrogen-bond acceptors (Lipinski definition) is 3. The number of aliphatic carboxylic acids is 1. The van der Waals surface area contributed by atoms with E-state index in [-0.39, 0.29) is 6.42 Å². The maximum atomic E-state index is 10.3. The van der Waals surface area contributed by atoms with E-state index in [1.807, 2.05) is 0 Å². The minimum Gasteiger partial charge on any atom is -0.481 e. The third-order valence-electron chi connectivity index (χ3n) is 3.29. The van der Waals surface area contributed by atoms with Gasteiger partial charge in [0.25, 0.3) is 0 Å². The van der Waals surface area contributed by atoms with Gasteiger partial charge in [0.15, 0.2) is 0 Å². The molecule has 0 aromatic rings. The van der Waals surface area contributed by atoms with E-state index < -0.39 is 5.97 Å². The molecule has 4 nitrogen and oxygen atoms in total. The highest BCUT2D eigenvalue weighted by Crippen LogP contribution is 2.42. The lowest BCUT2D eigenvalue weighted by molar-refractivity contribution is -0.137. The molecular weight excluding hydrogens is 218 g/mol. The third-order valence-corrected chi connectivity index (χ3v) is 3.29. The van der Waals surface area contributed by atoms with Crippen molar-refractivity contribution < 1.29 is 14.7 Å². The van der Waals surface area contributed by atoms with Gasteiger partial charge in [-0.1, -0.05) is 5.16 Å². The summed E-state index contributed by atoms with van der Waals surface area (Å²) in [6.07, 6.45) is 7.96. The Morgan fingerprint density at radius 2 is 1.76 bits per heavy atom. The summed E-state index contributed by atoms with van der Waals surface area (Å²) in [6, 6.07) is 0. The number of carboxylic acid groups (broad SMARTS) is 1. The number of unbranched alkanes of at least 4 members (excludes halogenated alkanes) is 2. The Hall–Kier alpha value is -1.06. The minimum absolute atomic E-state index is 0.263. The SMILES string of the molecule is O=C(O)CCCCCON=C(C1CC1)C1CC1. The number of nitrogens with zero attached hydrogens (tertiary/aromatic N) is 1. The van der Waals surface area contributed by atoms with E-state index in [9.17, 15) is 4.79 Å². The largest absolute Gasteiger partial charge is 0.481 e. The van der Waals surface area contributed by atoms with Crippen LogP contribution in [0.15, 0.2) is 5.16 Å². The van der Waals surface area contributed by atoms with E-state index >= 15 is 0 Å². The van der Waals surface area contributed by atoms with Crippen LogP contribution in [0.2, 0.25) is 0 Å². The summed E-state index contributed by atoms with van der Waals surface area (Å²) in [5, 5.41) is 12.8. The molecule has 0 aromatic carbocycles. The second-order valence-electron chi connectivity index (χ2n) is 5.10. The van der Waals surface area contributed by atoms with Crippen molar-refractivity contribution in [3.63, 3.8) is 0 Å². The highest BCUT2D eigenvalue weighted by Gasteiger charge is 2.38. The van der Waals surface area contributed by atoms with Gasteiger partial charge >= 0.3 is 5.97 Å². The molecule has 2 saturated carbocycles. The first kappa shape index (κ1) is 12.4. The summed E-state index contributed by atoms with van der Waals surface area (Å²) in [6.45, 7) is 0.628. The lowest BCUT2D eigenvalue weighted by Crippen LogP contribution is -2.05. The van der Waals surface area contributed by atoms with Gasteiger partial charge in [-0.25, -0.2) is 0 Å². The predicted octanol–water partition coefficient (Wildman–Crippen LogP) is 2.82. The minimum atomic E-state index is -0.714. The molecule has 2 aliphatic rings. The van der Waals surface area contributed by atoms with E-state index in [1.165, 1.54) is 31.4 Å². The zero-order valence-electron chi connectivity index (χ0n) is 10.2. The lowest BCUT2D eigenvalue weighted by atomic mass is 10.2. The standard InChI is InChI=1S/C13H21NO3/c15-12(16)4-2-1-3-9-17-14-13(10-5-6-10)11-7-8-11/h10-11H,1-9H2,(H,15,16). The first-order valence-corrected chi connectivity index (χ1v) is 6.69.